The van der Waals surface area contributed by atoms with Gasteiger partial charge in [0.2, 0.25) is 15.9 Å². The van der Waals surface area contributed by atoms with Crippen LogP contribution >= 0.6 is 0 Å². The van der Waals surface area contributed by atoms with Gasteiger partial charge in [-0.3, -0.25) is 4.79 Å². The molecule has 21 heavy (non-hydrogen) atoms. The van der Waals surface area contributed by atoms with Crippen LogP contribution in [0.1, 0.15) is 12.5 Å². The molecular formula is C13H20N2O5S. The number of ether oxygens (including phenoxy) is 2. The minimum Gasteiger partial charge on any atom is -0.496 e. The zero-order valence-corrected chi connectivity index (χ0v) is 13.3. The van der Waals surface area contributed by atoms with Crippen LogP contribution in [-0.4, -0.2) is 41.6 Å². The quantitative estimate of drug-likeness (QED) is 0.711. The number of sulfonamides is 1. The molecule has 0 saturated heterocycles. The highest BCUT2D eigenvalue weighted by Gasteiger charge is 2.21. The molecule has 1 aromatic rings. The van der Waals surface area contributed by atoms with Crippen LogP contribution in [0.25, 0.3) is 0 Å². The van der Waals surface area contributed by atoms with E-state index >= 15 is 0 Å². The van der Waals surface area contributed by atoms with E-state index < -0.39 is 10.0 Å². The van der Waals surface area contributed by atoms with Crippen molar-refractivity contribution in [2.45, 2.75) is 18.7 Å². The maximum atomic E-state index is 12.3. The van der Waals surface area contributed by atoms with E-state index in [1.165, 1.54) is 27.2 Å². The number of methoxy groups -OCH3 is 2. The second-order valence-corrected chi connectivity index (χ2v) is 6.09. The van der Waals surface area contributed by atoms with Crippen LogP contribution in [0.2, 0.25) is 0 Å². The average Bonchev–Trinajstić information content (AvgIpc) is 2.42. The first-order valence-corrected chi connectivity index (χ1v) is 7.77. The Labute approximate surface area is 124 Å². The molecule has 0 aromatic heterocycles. The molecule has 1 rings (SSSR count). The molecule has 1 aromatic carbocycles. The number of rotatable bonds is 7. The topological polar surface area (TPSA) is 93.7 Å². The van der Waals surface area contributed by atoms with Crippen LogP contribution in [0, 0.1) is 6.92 Å². The van der Waals surface area contributed by atoms with Crippen molar-refractivity contribution < 1.29 is 22.7 Å². The van der Waals surface area contributed by atoms with Gasteiger partial charge in [-0.1, -0.05) is 0 Å². The number of carbonyl (C=O) groups is 1. The van der Waals surface area contributed by atoms with E-state index in [-0.39, 0.29) is 29.6 Å². The molecule has 8 heteroatoms. The van der Waals surface area contributed by atoms with E-state index in [9.17, 15) is 13.2 Å². The molecule has 0 heterocycles. The highest BCUT2D eigenvalue weighted by atomic mass is 32.2. The molecule has 118 valence electrons. The molecule has 0 bridgehead atoms. The first-order valence-electron chi connectivity index (χ1n) is 6.28. The number of benzene rings is 1. The molecule has 0 aliphatic carbocycles. The van der Waals surface area contributed by atoms with Crippen LogP contribution < -0.4 is 19.5 Å². The third-order valence-electron chi connectivity index (χ3n) is 2.76. The second-order valence-electron chi connectivity index (χ2n) is 4.35. The van der Waals surface area contributed by atoms with E-state index in [0.717, 1.165) is 5.56 Å². The molecular weight excluding hydrogens is 296 g/mol. The fourth-order valence-corrected chi connectivity index (χ4v) is 2.93. The Morgan fingerprint density at radius 2 is 1.76 bits per heavy atom. The second kappa shape index (κ2) is 7.28. The molecule has 1 amide bonds. The van der Waals surface area contributed by atoms with Crippen molar-refractivity contribution in [2.24, 2.45) is 0 Å². The molecule has 0 aliphatic rings. The van der Waals surface area contributed by atoms with E-state index in [1.807, 2.05) is 0 Å². The molecule has 0 fully saturated rings. The number of aryl methyl sites for hydroxylation is 1. The molecule has 7 nitrogen and oxygen atoms in total. The Kier molecular flexibility index (Phi) is 5.98. The maximum Gasteiger partial charge on any atom is 0.244 e. The fraction of sp³-hybridized carbons (Fsp3) is 0.462. The molecule has 0 saturated carbocycles. The lowest BCUT2D eigenvalue weighted by atomic mass is 10.2. The van der Waals surface area contributed by atoms with Gasteiger partial charge in [0.15, 0.2) is 0 Å². The summed E-state index contributed by atoms with van der Waals surface area (Å²) in [4.78, 5) is 10.7. The molecule has 0 atom stereocenters. The van der Waals surface area contributed by atoms with Gasteiger partial charge in [0.25, 0.3) is 0 Å². The summed E-state index contributed by atoms with van der Waals surface area (Å²) in [5.74, 6) is 0.474. The zero-order valence-electron chi connectivity index (χ0n) is 12.5. The van der Waals surface area contributed by atoms with Gasteiger partial charge < -0.3 is 14.8 Å². The van der Waals surface area contributed by atoms with Crippen molar-refractivity contribution in [3.8, 4) is 11.5 Å². The van der Waals surface area contributed by atoms with Crippen LogP contribution in [0.15, 0.2) is 17.0 Å². The lowest BCUT2D eigenvalue weighted by molar-refractivity contribution is -0.118. The molecule has 0 radical (unpaired) electrons. The Morgan fingerprint density at radius 3 is 2.29 bits per heavy atom. The number of carbonyl (C=O) groups excluding carboxylic acids is 1. The van der Waals surface area contributed by atoms with E-state index in [4.69, 9.17) is 9.47 Å². The number of hydrogen-bond donors (Lipinski definition) is 2. The van der Waals surface area contributed by atoms with Crippen molar-refractivity contribution in [3.63, 3.8) is 0 Å². The van der Waals surface area contributed by atoms with Gasteiger partial charge in [-0.05, 0) is 18.6 Å². The summed E-state index contributed by atoms with van der Waals surface area (Å²) >= 11 is 0. The van der Waals surface area contributed by atoms with Crippen molar-refractivity contribution in [1.82, 2.24) is 10.0 Å². The Bertz CT molecular complexity index is 613. The molecule has 2 N–H and O–H groups in total. The van der Waals surface area contributed by atoms with E-state index in [2.05, 4.69) is 10.0 Å². The minimum absolute atomic E-state index is 0.00437. The summed E-state index contributed by atoms with van der Waals surface area (Å²) in [7, 11) is -0.889. The van der Waals surface area contributed by atoms with Gasteiger partial charge in [-0.15, -0.1) is 0 Å². The summed E-state index contributed by atoms with van der Waals surface area (Å²) < 4.78 is 37.2. The van der Waals surface area contributed by atoms with Crippen LogP contribution in [0.3, 0.4) is 0 Å². The third-order valence-corrected chi connectivity index (χ3v) is 4.24. The predicted molar refractivity (Wildman–Crippen MR) is 78.2 cm³/mol. The SMILES string of the molecule is COc1cc(S(=O)(=O)NCCNC(C)=O)c(OC)cc1C. The average molecular weight is 316 g/mol. The first-order chi connectivity index (χ1) is 9.81. The summed E-state index contributed by atoms with van der Waals surface area (Å²) in [5.41, 5.74) is 0.770. The van der Waals surface area contributed by atoms with Crippen molar-refractivity contribution in [2.75, 3.05) is 27.3 Å². The lowest BCUT2D eigenvalue weighted by Gasteiger charge is -2.14. The maximum absolute atomic E-state index is 12.3. The van der Waals surface area contributed by atoms with Crippen LogP contribution in [-0.2, 0) is 14.8 Å². The summed E-state index contributed by atoms with van der Waals surface area (Å²) in [5, 5.41) is 2.51. The third kappa shape index (κ3) is 4.61. The van der Waals surface area contributed by atoms with Gasteiger partial charge in [0.05, 0.1) is 14.2 Å². The van der Waals surface area contributed by atoms with E-state index in [1.54, 1.807) is 13.0 Å². The lowest BCUT2D eigenvalue weighted by Crippen LogP contribution is -2.33. The first kappa shape index (κ1) is 17.3. The molecule has 0 spiro atoms. The summed E-state index contributed by atoms with van der Waals surface area (Å²) in [6.45, 7) is 3.45. The van der Waals surface area contributed by atoms with Crippen molar-refractivity contribution >= 4 is 15.9 Å². The number of amides is 1. The predicted octanol–water partition coefficient (Wildman–Crippen LogP) is 0.427. The Hall–Kier alpha value is -1.80. The van der Waals surface area contributed by atoms with Gasteiger partial charge in [0.1, 0.15) is 16.4 Å². The normalized spacial score (nSPS) is 11.0. The highest BCUT2D eigenvalue weighted by Crippen LogP contribution is 2.31. The molecule has 0 aliphatic heterocycles. The summed E-state index contributed by atoms with van der Waals surface area (Å²) in [6, 6.07) is 3.01. The highest BCUT2D eigenvalue weighted by molar-refractivity contribution is 7.89. The van der Waals surface area contributed by atoms with Crippen molar-refractivity contribution in [1.29, 1.82) is 0 Å². The number of hydrogen-bond acceptors (Lipinski definition) is 5. The Morgan fingerprint density at radius 1 is 1.14 bits per heavy atom. The zero-order chi connectivity index (χ0) is 16.0. The molecule has 0 unspecified atom stereocenters. The Balaban J connectivity index is 2.98. The smallest absolute Gasteiger partial charge is 0.244 e. The van der Waals surface area contributed by atoms with Crippen LogP contribution in [0.4, 0.5) is 0 Å². The fourth-order valence-electron chi connectivity index (χ4n) is 1.73. The van der Waals surface area contributed by atoms with Crippen molar-refractivity contribution in [3.05, 3.63) is 17.7 Å². The van der Waals surface area contributed by atoms with Gasteiger partial charge in [-0.25, -0.2) is 13.1 Å². The minimum atomic E-state index is -3.76. The standard InChI is InChI=1S/C13H20N2O5S/c1-9-7-12(20-4)13(8-11(9)19-3)21(17,18)15-6-5-14-10(2)16/h7-8,15H,5-6H2,1-4H3,(H,14,16). The number of nitrogens with one attached hydrogen (secondary N) is 2. The van der Waals surface area contributed by atoms with E-state index in [0.29, 0.717) is 5.75 Å². The van der Waals surface area contributed by atoms with Gasteiger partial charge in [0, 0.05) is 26.1 Å². The summed E-state index contributed by atoms with van der Waals surface area (Å²) in [6.07, 6.45) is 0. The van der Waals surface area contributed by atoms with Gasteiger partial charge >= 0.3 is 0 Å². The van der Waals surface area contributed by atoms with Gasteiger partial charge in [-0.2, -0.15) is 0 Å². The monoisotopic (exact) mass is 316 g/mol. The van der Waals surface area contributed by atoms with Crippen LogP contribution in [0.5, 0.6) is 11.5 Å². The largest absolute Gasteiger partial charge is 0.496 e.